The zero-order valence-corrected chi connectivity index (χ0v) is 12.4. The number of aromatic nitrogens is 2. The third kappa shape index (κ3) is 3.42. The average molecular weight is 286 g/mol. The summed E-state index contributed by atoms with van der Waals surface area (Å²) in [4.78, 5) is 21.7. The van der Waals surface area contributed by atoms with Crippen molar-refractivity contribution >= 4 is 16.9 Å². The Morgan fingerprint density at radius 3 is 3.14 bits per heavy atom. The van der Waals surface area contributed by atoms with E-state index in [1.165, 1.54) is 25.9 Å². The third-order valence-corrected chi connectivity index (χ3v) is 4.07. The molecular formula is C16H22N4O. The van der Waals surface area contributed by atoms with Gasteiger partial charge in [0.25, 0.3) is 5.56 Å². The first kappa shape index (κ1) is 14.1. The van der Waals surface area contributed by atoms with Crippen LogP contribution in [0, 0.1) is 5.92 Å². The van der Waals surface area contributed by atoms with E-state index in [1.807, 2.05) is 18.2 Å². The van der Waals surface area contributed by atoms with Crippen LogP contribution in [0.15, 0.2) is 29.1 Å². The molecule has 2 aromatic rings. The summed E-state index contributed by atoms with van der Waals surface area (Å²) in [6.07, 6.45) is 2.62. The Balaban J connectivity index is 1.61. The van der Waals surface area contributed by atoms with Gasteiger partial charge in [-0.15, -0.1) is 0 Å². The normalized spacial score (nSPS) is 19.8. The van der Waals surface area contributed by atoms with Crippen molar-refractivity contribution in [2.24, 2.45) is 5.92 Å². The van der Waals surface area contributed by atoms with Gasteiger partial charge in [0.05, 0.1) is 10.9 Å². The number of benzene rings is 1. The molecule has 2 heterocycles. The lowest BCUT2D eigenvalue weighted by Crippen LogP contribution is -2.37. The SMILES string of the molecule is C[C@@H]1CCCN(CCNc2nc3ccccc3c(=O)[nH]2)C1. The third-order valence-electron chi connectivity index (χ3n) is 4.07. The van der Waals surface area contributed by atoms with Crippen LogP contribution in [0.4, 0.5) is 5.95 Å². The predicted molar refractivity (Wildman–Crippen MR) is 85.7 cm³/mol. The van der Waals surface area contributed by atoms with Gasteiger partial charge >= 0.3 is 0 Å². The standard InChI is InChI=1S/C16H22N4O/c1-12-5-4-9-20(11-12)10-8-17-16-18-14-7-3-2-6-13(14)15(21)19-16/h2-3,6-7,12H,4-5,8-11H2,1H3,(H2,17,18,19,21)/t12-/m1/s1. The van der Waals surface area contributed by atoms with E-state index in [4.69, 9.17) is 0 Å². The quantitative estimate of drug-likeness (QED) is 0.903. The summed E-state index contributed by atoms with van der Waals surface area (Å²) in [6.45, 7) is 6.44. The summed E-state index contributed by atoms with van der Waals surface area (Å²) in [5.74, 6) is 1.35. The van der Waals surface area contributed by atoms with Gasteiger partial charge in [0.1, 0.15) is 0 Å². The Labute approximate surface area is 124 Å². The van der Waals surface area contributed by atoms with E-state index in [0.29, 0.717) is 11.3 Å². The number of para-hydroxylation sites is 1. The Bertz CT molecular complexity index is 667. The summed E-state index contributed by atoms with van der Waals surface area (Å²) < 4.78 is 0. The molecule has 0 spiro atoms. The van der Waals surface area contributed by atoms with E-state index in [0.717, 1.165) is 24.5 Å². The molecule has 1 saturated heterocycles. The number of hydrogen-bond acceptors (Lipinski definition) is 4. The number of hydrogen-bond donors (Lipinski definition) is 2. The van der Waals surface area contributed by atoms with E-state index in [-0.39, 0.29) is 5.56 Å². The summed E-state index contributed by atoms with van der Waals surface area (Å²) >= 11 is 0. The molecule has 0 saturated carbocycles. The maximum Gasteiger partial charge on any atom is 0.260 e. The molecule has 0 amide bonds. The first-order chi connectivity index (χ1) is 10.2. The second-order valence-corrected chi connectivity index (χ2v) is 5.91. The summed E-state index contributed by atoms with van der Waals surface area (Å²) in [5, 5.41) is 3.86. The van der Waals surface area contributed by atoms with Gasteiger partial charge in [-0.3, -0.25) is 9.78 Å². The molecule has 21 heavy (non-hydrogen) atoms. The largest absolute Gasteiger partial charge is 0.354 e. The van der Waals surface area contributed by atoms with Crippen molar-refractivity contribution in [3.63, 3.8) is 0 Å². The molecule has 1 aliphatic heterocycles. The van der Waals surface area contributed by atoms with Crippen molar-refractivity contribution in [1.82, 2.24) is 14.9 Å². The van der Waals surface area contributed by atoms with Crippen molar-refractivity contribution in [1.29, 1.82) is 0 Å². The number of nitrogens with one attached hydrogen (secondary N) is 2. The van der Waals surface area contributed by atoms with Gasteiger partial charge in [-0.25, -0.2) is 4.98 Å². The Hall–Kier alpha value is -1.88. The smallest absolute Gasteiger partial charge is 0.260 e. The van der Waals surface area contributed by atoms with Gasteiger partial charge in [-0.1, -0.05) is 19.1 Å². The first-order valence-electron chi connectivity index (χ1n) is 7.67. The lowest BCUT2D eigenvalue weighted by atomic mass is 10.0. The van der Waals surface area contributed by atoms with Gasteiger partial charge in [-0.05, 0) is 37.4 Å². The Morgan fingerprint density at radius 1 is 1.43 bits per heavy atom. The van der Waals surface area contributed by atoms with Crippen LogP contribution in [0.25, 0.3) is 10.9 Å². The second-order valence-electron chi connectivity index (χ2n) is 5.91. The molecule has 112 valence electrons. The molecule has 1 atom stereocenters. The van der Waals surface area contributed by atoms with E-state index < -0.39 is 0 Å². The van der Waals surface area contributed by atoms with Crippen molar-refractivity contribution in [2.45, 2.75) is 19.8 Å². The number of H-pyrrole nitrogens is 1. The number of anilines is 1. The molecule has 1 aliphatic rings. The molecule has 2 N–H and O–H groups in total. The highest BCUT2D eigenvalue weighted by molar-refractivity contribution is 5.78. The molecule has 5 nitrogen and oxygen atoms in total. The summed E-state index contributed by atoms with van der Waals surface area (Å²) in [5.41, 5.74) is 0.644. The second kappa shape index (κ2) is 6.26. The van der Waals surface area contributed by atoms with Crippen molar-refractivity contribution < 1.29 is 0 Å². The summed E-state index contributed by atoms with van der Waals surface area (Å²) in [6, 6.07) is 7.40. The van der Waals surface area contributed by atoms with Crippen LogP contribution in [0.1, 0.15) is 19.8 Å². The number of aromatic amines is 1. The number of likely N-dealkylation sites (tertiary alicyclic amines) is 1. The van der Waals surface area contributed by atoms with E-state index in [2.05, 4.69) is 27.1 Å². The van der Waals surface area contributed by atoms with Crippen LogP contribution >= 0.6 is 0 Å². The molecule has 3 rings (SSSR count). The van der Waals surface area contributed by atoms with Crippen LogP contribution in [0.2, 0.25) is 0 Å². The van der Waals surface area contributed by atoms with Gasteiger partial charge in [-0.2, -0.15) is 0 Å². The molecule has 0 bridgehead atoms. The maximum atomic E-state index is 12.0. The summed E-state index contributed by atoms with van der Waals surface area (Å²) in [7, 11) is 0. The fraction of sp³-hybridized carbons (Fsp3) is 0.500. The lowest BCUT2D eigenvalue weighted by Gasteiger charge is -2.30. The minimum Gasteiger partial charge on any atom is -0.354 e. The molecule has 1 fully saturated rings. The number of nitrogens with zero attached hydrogens (tertiary/aromatic N) is 2. The molecule has 1 aromatic heterocycles. The highest BCUT2D eigenvalue weighted by Crippen LogP contribution is 2.14. The van der Waals surface area contributed by atoms with Crippen LogP contribution in [0.5, 0.6) is 0 Å². The van der Waals surface area contributed by atoms with Crippen LogP contribution in [0.3, 0.4) is 0 Å². The van der Waals surface area contributed by atoms with Crippen LogP contribution in [-0.4, -0.2) is 41.0 Å². The van der Waals surface area contributed by atoms with E-state index in [1.54, 1.807) is 6.07 Å². The van der Waals surface area contributed by atoms with Crippen molar-refractivity contribution in [3.8, 4) is 0 Å². The fourth-order valence-electron chi connectivity index (χ4n) is 2.99. The lowest BCUT2D eigenvalue weighted by molar-refractivity contribution is 0.190. The maximum absolute atomic E-state index is 12.0. The van der Waals surface area contributed by atoms with Crippen molar-refractivity contribution in [2.75, 3.05) is 31.5 Å². The van der Waals surface area contributed by atoms with Gasteiger partial charge < -0.3 is 10.2 Å². The van der Waals surface area contributed by atoms with E-state index in [9.17, 15) is 4.79 Å². The first-order valence-corrected chi connectivity index (χ1v) is 7.67. The van der Waals surface area contributed by atoms with E-state index >= 15 is 0 Å². The zero-order chi connectivity index (χ0) is 14.7. The molecule has 5 heteroatoms. The minimum absolute atomic E-state index is 0.0882. The van der Waals surface area contributed by atoms with Crippen LogP contribution in [-0.2, 0) is 0 Å². The zero-order valence-electron chi connectivity index (χ0n) is 12.4. The minimum atomic E-state index is -0.0882. The molecule has 0 unspecified atom stereocenters. The number of fused-ring (bicyclic) bond motifs is 1. The predicted octanol–water partition coefficient (Wildman–Crippen LogP) is 2.07. The highest BCUT2D eigenvalue weighted by Gasteiger charge is 2.15. The molecular weight excluding hydrogens is 264 g/mol. The molecule has 0 radical (unpaired) electrons. The topological polar surface area (TPSA) is 61.0 Å². The Kier molecular flexibility index (Phi) is 4.20. The number of rotatable bonds is 4. The van der Waals surface area contributed by atoms with Gasteiger partial charge in [0.15, 0.2) is 0 Å². The van der Waals surface area contributed by atoms with Crippen LogP contribution < -0.4 is 10.9 Å². The molecule has 0 aliphatic carbocycles. The van der Waals surface area contributed by atoms with Gasteiger partial charge in [0, 0.05) is 19.6 Å². The average Bonchev–Trinajstić information content (AvgIpc) is 2.47. The highest BCUT2D eigenvalue weighted by atomic mass is 16.1. The number of piperidine rings is 1. The fourth-order valence-corrected chi connectivity index (χ4v) is 2.99. The van der Waals surface area contributed by atoms with Crippen molar-refractivity contribution in [3.05, 3.63) is 34.6 Å². The molecule has 1 aromatic carbocycles. The monoisotopic (exact) mass is 286 g/mol. The Morgan fingerprint density at radius 2 is 2.29 bits per heavy atom. The van der Waals surface area contributed by atoms with Gasteiger partial charge in [0.2, 0.25) is 5.95 Å².